The number of carbonyl (C=O) groups excluding carboxylic acids is 1. The molecular weight excluding hydrogens is 184 g/mol. The van der Waals surface area contributed by atoms with Crippen molar-refractivity contribution in [1.82, 2.24) is 0 Å². The number of hydrogen-bond acceptors (Lipinski definition) is 3. The monoisotopic (exact) mass is 198 g/mol. The molecule has 1 aliphatic carbocycles. The van der Waals surface area contributed by atoms with Gasteiger partial charge in [-0.3, -0.25) is 9.59 Å². The third-order valence-electron chi connectivity index (χ3n) is 2.45. The fraction of sp³-hybridized carbons (Fsp3) is 0.600. The van der Waals surface area contributed by atoms with Crippen molar-refractivity contribution >= 4 is 11.9 Å². The molecule has 14 heavy (non-hydrogen) atoms. The van der Waals surface area contributed by atoms with Gasteiger partial charge in [-0.25, -0.2) is 0 Å². The van der Waals surface area contributed by atoms with Crippen LogP contribution in [0.4, 0.5) is 0 Å². The quantitative estimate of drug-likeness (QED) is 0.422. The Morgan fingerprint density at radius 1 is 1.50 bits per heavy atom. The molecule has 0 saturated carbocycles. The van der Waals surface area contributed by atoms with Crippen LogP contribution >= 0.6 is 0 Å². The van der Waals surface area contributed by atoms with E-state index in [1.54, 1.807) is 13.0 Å². The van der Waals surface area contributed by atoms with Crippen molar-refractivity contribution in [3.8, 4) is 0 Å². The fourth-order valence-electron chi connectivity index (χ4n) is 1.57. The lowest BCUT2D eigenvalue weighted by atomic mass is 9.77. The minimum Gasteiger partial charge on any atom is -0.480 e. The zero-order valence-corrected chi connectivity index (χ0v) is 8.16. The van der Waals surface area contributed by atoms with Gasteiger partial charge in [-0.05, 0) is 26.2 Å². The number of rotatable bonds is 3. The first-order valence-corrected chi connectivity index (χ1v) is 4.69. The molecule has 1 atom stereocenters. The predicted octanol–water partition coefficient (Wildman–Crippen LogP) is 1.36. The molecule has 1 N–H and O–H groups in total. The van der Waals surface area contributed by atoms with Crippen LogP contribution in [0.5, 0.6) is 0 Å². The van der Waals surface area contributed by atoms with Crippen LogP contribution in [-0.4, -0.2) is 23.7 Å². The molecule has 0 aromatic rings. The summed E-state index contributed by atoms with van der Waals surface area (Å²) in [6.07, 6.45) is 4.80. The van der Waals surface area contributed by atoms with Gasteiger partial charge < -0.3 is 9.84 Å². The molecule has 0 aliphatic heterocycles. The molecule has 0 fully saturated rings. The van der Waals surface area contributed by atoms with E-state index in [1.165, 1.54) is 0 Å². The molecule has 0 aromatic carbocycles. The van der Waals surface area contributed by atoms with Gasteiger partial charge in [-0.2, -0.15) is 0 Å². The van der Waals surface area contributed by atoms with E-state index in [0.29, 0.717) is 12.8 Å². The van der Waals surface area contributed by atoms with Gasteiger partial charge in [-0.15, -0.1) is 0 Å². The van der Waals surface area contributed by atoms with Gasteiger partial charge in [-0.1, -0.05) is 12.2 Å². The Balaban J connectivity index is 2.87. The number of ether oxygens (including phenoxy) is 1. The van der Waals surface area contributed by atoms with E-state index >= 15 is 0 Å². The van der Waals surface area contributed by atoms with Crippen molar-refractivity contribution in [1.29, 1.82) is 0 Å². The van der Waals surface area contributed by atoms with Crippen LogP contribution in [0.1, 0.15) is 26.2 Å². The largest absolute Gasteiger partial charge is 0.480 e. The van der Waals surface area contributed by atoms with Gasteiger partial charge in [0, 0.05) is 0 Å². The molecular formula is C10H14O4. The summed E-state index contributed by atoms with van der Waals surface area (Å²) in [5, 5.41) is 9.05. The van der Waals surface area contributed by atoms with E-state index in [2.05, 4.69) is 0 Å². The third kappa shape index (κ3) is 1.78. The van der Waals surface area contributed by atoms with Gasteiger partial charge in [0.2, 0.25) is 0 Å². The van der Waals surface area contributed by atoms with Crippen LogP contribution in [0.25, 0.3) is 0 Å². The zero-order valence-electron chi connectivity index (χ0n) is 8.16. The van der Waals surface area contributed by atoms with E-state index in [1.807, 2.05) is 6.08 Å². The predicted molar refractivity (Wildman–Crippen MR) is 49.7 cm³/mol. The maximum atomic E-state index is 11.5. The molecule has 0 heterocycles. The van der Waals surface area contributed by atoms with Gasteiger partial charge in [0.05, 0.1) is 6.61 Å². The minimum atomic E-state index is -1.34. The summed E-state index contributed by atoms with van der Waals surface area (Å²) in [5.74, 6) is -1.70. The maximum absolute atomic E-state index is 11.5. The molecule has 0 spiro atoms. The molecule has 78 valence electrons. The average Bonchev–Trinajstić information content (AvgIpc) is 2.19. The number of carbonyl (C=O) groups is 2. The Kier molecular flexibility index (Phi) is 3.28. The number of allylic oxidation sites excluding steroid dienone is 2. The molecule has 4 heteroatoms. The molecule has 0 bridgehead atoms. The number of carboxylic acid groups (broad SMARTS) is 1. The highest BCUT2D eigenvalue weighted by Crippen LogP contribution is 2.34. The number of hydrogen-bond donors (Lipinski definition) is 1. The van der Waals surface area contributed by atoms with Crippen LogP contribution in [-0.2, 0) is 14.3 Å². The van der Waals surface area contributed by atoms with E-state index in [9.17, 15) is 9.59 Å². The summed E-state index contributed by atoms with van der Waals surface area (Å²) >= 11 is 0. The average molecular weight is 198 g/mol. The lowest BCUT2D eigenvalue weighted by Crippen LogP contribution is -2.41. The van der Waals surface area contributed by atoms with E-state index in [4.69, 9.17) is 9.84 Å². The minimum absolute atomic E-state index is 0.220. The van der Waals surface area contributed by atoms with Crippen molar-refractivity contribution in [2.24, 2.45) is 5.41 Å². The number of aliphatic carboxylic acids is 1. The van der Waals surface area contributed by atoms with Crippen LogP contribution in [0.15, 0.2) is 12.2 Å². The van der Waals surface area contributed by atoms with Crippen LogP contribution < -0.4 is 0 Å². The molecule has 0 saturated heterocycles. The first-order valence-electron chi connectivity index (χ1n) is 4.69. The molecule has 0 aromatic heterocycles. The second-order valence-corrected chi connectivity index (χ2v) is 3.32. The van der Waals surface area contributed by atoms with E-state index in [0.717, 1.165) is 0 Å². The third-order valence-corrected chi connectivity index (χ3v) is 2.45. The Hall–Kier alpha value is -1.32. The molecule has 4 nitrogen and oxygen atoms in total. The van der Waals surface area contributed by atoms with Crippen molar-refractivity contribution in [3.05, 3.63) is 12.2 Å². The lowest BCUT2D eigenvalue weighted by molar-refractivity contribution is -0.169. The Labute approximate surface area is 82.6 Å². The molecule has 1 unspecified atom stereocenters. The summed E-state index contributed by atoms with van der Waals surface area (Å²) in [5.41, 5.74) is -1.34. The second-order valence-electron chi connectivity index (χ2n) is 3.32. The maximum Gasteiger partial charge on any atom is 0.323 e. The first kappa shape index (κ1) is 10.8. The molecule has 0 amide bonds. The summed E-state index contributed by atoms with van der Waals surface area (Å²) in [7, 11) is 0. The van der Waals surface area contributed by atoms with Gasteiger partial charge in [0.25, 0.3) is 0 Å². The highest BCUT2D eigenvalue weighted by Gasteiger charge is 2.47. The molecule has 1 rings (SSSR count). The fourth-order valence-corrected chi connectivity index (χ4v) is 1.57. The summed E-state index contributed by atoms with van der Waals surface area (Å²) in [6, 6.07) is 0. The number of carboxylic acids is 1. The normalized spacial score (nSPS) is 25.8. The summed E-state index contributed by atoms with van der Waals surface area (Å²) in [6.45, 7) is 1.89. The zero-order chi connectivity index (χ0) is 10.6. The smallest absolute Gasteiger partial charge is 0.323 e. The highest BCUT2D eigenvalue weighted by atomic mass is 16.5. The van der Waals surface area contributed by atoms with Gasteiger partial charge >= 0.3 is 11.9 Å². The Bertz CT molecular complexity index is 269. The van der Waals surface area contributed by atoms with Crippen molar-refractivity contribution in [3.63, 3.8) is 0 Å². The van der Waals surface area contributed by atoms with Crippen LogP contribution in [0.2, 0.25) is 0 Å². The highest BCUT2D eigenvalue weighted by molar-refractivity contribution is 5.99. The SMILES string of the molecule is CCOC(=O)C1(C(=O)O)CC=CCC1. The summed E-state index contributed by atoms with van der Waals surface area (Å²) in [4.78, 5) is 22.6. The molecule has 0 radical (unpaired) electrons. The van der Waals surface area contributed by atoms with Crippen LogP contribution in [0.3, 0.4) is 0 Å². The lowest BCUT2D eigenvalue weighted by Gasteiger charge is -2.27. The van der Waals surface area contributed by atoms with Crippen molar-refractivity contribution < 1.29 is 19.4 Å². The number of esters is 1. The van der Waals surface area contributed by atoms with Crippen LogP contribution in [0, 0.1) is 5.41 Å². The van der Waals surface area contributed by atoms with Crippen molar-refractivity contribution in [2.45, 2.75) is 26.2 Å². The first-order chi connectivity index (χ1) is 6.63. The van der Waals surface area contributed by atoms with Gasteiger partial charge in [0.1, 0.15) is 0 Å². The Morgan fingerprint density at radius 2 is 2.21 bits per heavy atom. The Morgan fingerprint density at radius 3 is 2.64 bits per heavy atom. The van der Waals surface area contributed by atoms with Gasteiger partial charge in [0.15, 0.2) is 5.41 Å². The summed E-state index contributed by atoms with van der Waals surface area (Å²) < 4.78 is 4.79. The van der Waals surface area contributed by atoms with E-state index < -0.39 is 17.4 Å². The second kappa shape index (κ2) is 4.26. The molecule has 1 aliphatic rings. The topological polar surface area (TPSA) is 63.6 Å². The van der Waals surface area contributed by atoms with E-state index in [-0.39, 0.29) is 13.0 Å². The standard InChI is InChI=1S/C10H14O4/c1-2-14-9(13)10(8(11)12)6-4-3-5-7-10/h3-4H,2,5-7H2,1H3,(H,11,12). The van der Waals surface area contributed by atoms with Crippen molar-refractivity contribution in [2.75, 3.05) is 6.61 Å².